The van der Waals surface area contributed by atoms with Gasteiger partial charge in [-0.15, -0.1) is 0 Å². The Morgan fingerprint density at radius 1 is 0.947 bits per heavy atom. The lowest BCUT2D eigenvalue weighted by Crippen LogP contribution is -2.53. The van der Waals surface area contributed by atoms with E-state index >= 15 is 0 Å². The molecule has 0 saturated carbocycles. The van der Waals surface area contributed by atoms with E-state index in [1.807, 2.05) is 30.3 Å². The van der Waals surface area contributed by atoms with Crippen LogP contribution in [0.2, 0.25) is 5.02 Å². The number of nitrogens with zero attached hydrogens (tertiary/aromatic N) is 2. The summed E-state index contributed by atoms with van der Waals surface area (Å²) in [6.45, 7) is 1.79. The number of hydrogen-bond acceptors (Lipinski definition) is 5. The Hall–Kier alpha value is -3.56. The SMILES string of the molecule is CCNC(=O)[C@H](Cc1ccccc1)N(Cc1ccc(Cl)cc1)C(=O)CN(c1ccc(OC)cc1)S(C)(=O)=O. The van der Waals surface area contributed by atoms with Gasteiger partial charge < -0.3 is 15.0 Å². The van der Waals surface area contributed by atoms with Gasteiger partial charge in [0.1, 0.15) is 18.3 Å². The topological polar surface area (TPSA) is 96.0 Å². The van der Waals surface area contributed by atoms with E-state index in [0.717, 1.165) is 21.7 Å². The van der Waals surface area contributed by atoms with Crippen molar-refractivity contribution in [2.75, 3.05) is 30.8 Å². The number of sulfonamides is 1. The lowest BCUT2D eigenvalue weighted by atomic mass is 10.0. The second kappa shape index (κ2) is 13.3. The number of amides is 2. The first-order chi connectivity index (χ1) is 18.1. The van der Waals surface area contributed by atoms with Crippen molar-refractivity contribution in [3.63, 3.8) is 0 Å². The molecule has 1 N–H and O–H groups in total. The third-order valence-electron chi connectivity index (χ3n) is 5.93. The van der Waals surface area contributed by atoms with Crippen LogP contribution in [0, 0.1) is 0 Å². The molecule has 1 atom stereocenters. The summed E-state index contributed by atoms with van der Waals surface area (Å²) in [7, 11) is -2.32. The average molecular weight is 558 g/mol. The van der Waals surface area contributed by atoms with Crippen molar-refractivity contribution in [1.29, 1.82) is 0 Å². The van der Waals surface area contributed by atoms with Crippen LogP contribution in [-0.2, 0) is 32.6 Å². The zero-order valence-electron chi connectivity index (χ0n) is 21.6. The van der Waals surface area contributed by atoms with Gasteiger partial charge in [-0.2, -0.15) is 0 Å². The first kappa shape index (κ1) is 29.0. The first-order valence-corrected chi connectivity index (χ1v) is 14.3. The van der Waals surface area contributed by atoms with E-state index in [9.17, 15) is 18.0 Å². The molecule has 0 aliphatic heterocycles. The summed E-state index contributed by atoms with van der Waals surface area (Å²) in [6.07, 6.45) is 1.30. The van der Waals surface area contributed by atoms with Gasteiger partial charge in [-0.3, -0.25) is 13.9 Å². The molecule has 3 rings (SSSR count). The zero-order chi connectivity index (χ0) is 27.7. The molecule has 0 aliphatic rings. The summed E-state index contributed by atoms with van der Waals surface area (Å²) in [5.74, 6) is -0.292. The van der Waals surface area contributed by atoms with Gasteiger partial charge in [-0.1, -0.05) is 54.1 Å². The summed E-state index contributed by atoms with van der Waals surface area (Å²) in [4.78, 5) is 28.6. The number of carbonyl (C=O) groups excluding carboxylic acids is 2. The van der Waals surface area contributed by atoms with Gasteiger partial charge in [0.15, 0.2) is 0 Å². The van der Waals surface area contributed by atoms with Gasteiger partial charge in [0, 0.05) is 24.5 Å². The van der Waals surface area contributed by atoms with Crippen LogP contribution < -0.4 is 14.4 Å². The number of carbonyl (C=O) groups is 2. The Morgan fingerprint density at radius 2 is 1.58 bits per heavy atom. The number of hydrogen-bond donors (Lipinski definition) is 1. The number of anilines is 1. The van der Waals surface area contributed by atoms with Crippen LogP contribution >= 0.6 is 11.6 Å². The highest BCUT2D eigenvalue weighted by Crippen LogP contribution is 2.23. The fraction of sp³-hybridized carbons (Fsp3) is 0.286. The molecule has 0 fully saturated rings. The van der Waals surface area contributed by atoms with E-state index in [-0.39, 0.29) is 18.9 Å². The van der Waals surface area contributed by atoms with E-state index in [2.05, 4.69) is 5.32 Å². The maximum absolute atomic E-state index is 13.9. The van der Waals surface area contributed by atoms with Gasteiger partial charge in [0.2, 0.25) is 21.8 Å². The van der Waals surface area contributed by atoms with Crippen LogP contribution in [0.3, 0.4) is 0 Å². The minimum Gasteiger partial charge on any atom is -0.497 e. The van der Waals surface area contributed by atoms with Crippen molar-refractivity contribution in [1.82, 2.24) is 10.2 Å². The molecular weight excluding hydrogens is 526 g/mol. The first-order valence-electron chi connectivity index (χ1n) is 12.1. The van der Waals surface area contributed by atoms with Crippen molar-refractivity contribution in [3.8, 4) is 5.75 Å². The summed E-state index contributed by atoms with van der Waals surface area (Å²) in [6, 6.07) is 21.9. The minimum absolute atomic E-state index is 0.0881. The molecule has 0 unspecified atom stereocenters. The fourth-order valence-electron chi connectivity index (χ4n) is 3.99. The Kier molecular flexibility index (Phi) is 10.2. The summed E-state index contributed by atoms with van der Waals surface area (Å²) in [5.41, 5.74) is 1.93. The molecule has 8 nitrogen and oxygen atoms in total. The lowest BCUT2D eigenvalue weighted by Gasteiger charge is -2.33. The predicted molar refractivity (Wildman–Crippen MR) is 150 cm³/mol. The van der Waals surface area contributed by atoms with E-state index in [1.165, 1.54) is 12.0 Å². The number of methoxy groups -OCH3 is 1. The highest BCUT2D eigenvalue weighted by atomic mass is 35.5. The highest BCUT2D eigenvalue weighted by molar-refractivity contribution is 7.92. The summed E-state index contributed by atoms with van der Waals surface area (Å²) in [5, 5.41) is 3.37. The molecule has 0 saturated heterocycles. The number of benzene rings is 3. The molecule has 38 heavy (non-hydrogen) atoms. The van der Waals surface area contributed by atoms with Gasteiger partial charge in [-0.05, 0) is 54.4 Å². The quantitative estimate of drug-likeness (QED) is 0.364. The van der Waals surface area contributed by atoms with Crippen LogP contribution in [0.25, 0.3) is 0 Å². The zero-order valence-corrected chi connectivity index (χ0v) is 23.2. The van der Waals surface area contributed by atoms with Gasteiger partial charge >= 0.3 is 0 Å². The van der Waals surface area contributed by atoms with E-state index in [1.54, 1.807) is 55.5 Å². The van der Waals surface area contributed by atoms with Crippen molar-refractivity contribution in [2.24, 2.45) is 0 Å². The predicted octanol–water partition coefficient (Wildman–Crippen LogP) is 3.89. The maximum atomic E-state index is 13.9. The molecular formula is C28H32ClN3O5S. The van der Waals surface area contributed by atoms with Gasteiger partial charge in [0.25, 0.3) is 0 Å². The van der Waals surface area contributed by atoms with E-state index in [4.69, 9.17) is 16.3 Å². The number of likely N-dealkylation sites (N-methyl/N-ethyl adjacent to an activating group) is 1. The van der Waals surface area contributed by atoms with E-state index < -0.39 is 28.5 Å². The monoisotopic (exact) mass is 557 g/mol. The van der Waals surface area contributed by atoms with Crippen LogP contribution in [0.4, 0.5) is 5.69 Å². The molecule has 0 spiro atoms. The highest BCUT2D eigenvalue weighted by Gasteiger charge is 2.32. The smallest absolute Gasteiger partial charge is 0.244 e. The number of nitrogens with one attached hydrogen (secondary N) is 1. The molecule has 0 aliphatic carbocycles. The molecule has 0 aromatic heterocycles. The molecule has 2 amide bonds. The third kappa shape index (κ3) is 7.97. The number of rotatable bonds is 12. The summed E-state index contributed by atoms with van der Waals surface area (Å²) < 4.78 is 31.7. The Morgan fingerprint density at radius 3 is 2.13 bits per heavy atom. The standard InChI is InChI=1S/C28H32ClN3O5S/c1-4-30-28(34)26(18-21-8-6-5-7-9-21)31(19-22-10-12-23(29)13-11-22)27(33)20-32(38(3,35)36)24-14-16-25(37-2)17-15-24/h5-17,26H,4,18-20H2,1-3H3,(H,30,34)/t26-/m0/s1. The molecule has 0 radical (unpaired) electrons. The molecule has 10 heteroatoms. The Labute approximate surface area is 229 Å². The van der Waals surface area contributed by atoms with Crippen molar-refractivity contribution in [2.45, 2.75) is 25.9 Å². The molecule has 3 aromatic rings. The average Bonchev–Trinajstić information content (AvgIpc) is 2.90. The van der Waals surface area contributed by atoms with E-state index in [0.29, 0.717) is 23.0 Å². The molecule has 0 bridgehead atoms. The molecule has 0 heterocycles. The maximum Gasteiger partial charge on any atom is 0.244 e. The normalized spacial score (nSPS) is 11.9. The van der Waals surface area contributed by atoms with Crippen LogP contribution in [-0.4, -0.2) is 57.6 Å². The van der Waals surface area contributed by atoms with Crippen LogP contribution in [0.1, 0.15) is 18.1 Å². The van der Waals surface area contributed by atoms with Crippen molar-refractivity contribution >= 4 is 39.1 Å². The fourth-order valence-corrected chi connectivity index (χ4v) is 4.97. The van der Waals surface area contributed by atoms with Gasteiger partial charge in [-0.25, -0.2) is 8.42 Å². The lowest BCUT2D eigenvalue weighted by molar-refractivity contribution is -0.140. The third-order valence-corrected chi connectivity index (χ3v) is 7.32. The molecule has 3 aromatic carbocycles. The summed E-state index contributed by atoms with van der Waals surface area (Å²) >= 11 is 6.05. The van der Waals surface area contributed by atoms with Crippen molar-refractivity contribution < 1.29 is 22.7 Å². The number of ether oxygens (including phenoxy) is 1. The van der Waals surface area contributed by atoms with Crippen LogP contribution in [0.5, 0.6) is 5.75 Å². The largest absolute Gasteiger partial charge is 0.497 e. The van der Waals surface area contributed by atoms with Crippen LogP contribution in [0.15, 0.2) is 78.9 Å². The second-order valence-corrected chi connectivity index (χ2v) is 11.1. The number of halogens is 1. The van der Waals surface area contributed by atoms with Crippen molar-refractivity contribution in [3.05, 3.63) is 95.0 Å². The van der Waals surface area contributed by atoms with Gasteiger partial charge in [0.05, 0.1) is 19.1 Å². The second-order valence-electron chi connectivity index (χ2n) is 8.72. The Bertz CT molecular complexity index is 1320. The minimum atomic E-state index is -3.83. The molecule has 202 valence electrons. The Balaban J connectivity index is 2.01.